The number of benzene rings is 1. The molecule has 0 saturated heterocycles. The minimum atomic E-state index is -0.853. The van der Waals surface area contributed by atoms with E-state index in [1.165, 1.54) is 0 Å². The number of terminal acetylenes is 1. The van der Waals surface area contributed by atoms with Gasteiger partial charge < -0.3 is 20.3 Å². The molecule has 2 N–H and O–H groups in total. The summed E-state index contributed by atoms with van der Waals surface area (Å²) in [6.45, 7) is 13.8. The number of ether oxygens (including phenoxy) is 1. The number of carbonyl (C=O) groups excluding carboxylic acids is 3. The third-order valence-corrected chi connectivity index (χ3v) is 5.71. The van der Waals surface area contributed by atoms with Crippen molar-refractivity contribution in [2.75, 3.05) is 13.1 Å². The van der Waals surface area contributed by atoms with Crippen molar-refractivity contribution in [3.63, 3.8) is 0 Å². The highest BCUT2D eigenvalue weighted by Crippen LogP contribution is 2.27. The standard InChI is InChI=1S/C29H45N3O4/c1-9-11-12-19-30-27(34)26(24-17-15-23(10-2)16-18-24)32(22(5)14-13-21(3)4)25(33)20-31-28(35)36-29(6,7)8/h2,15-18,21-22,26H,9,11-14,19-20H2,1,3-8H3,(H,30,34)(H,31,35). The third kappa shape index (κ3) is 11.2. The molecule has 0 spiro atoms. The predicted octanol–water partition coefficient (Wildman–Crippen LogP) is 5.19. The summed E-state index contributed by atoms with van der Waals surface area (Å²) in [5, 5.41) is 5.56. The number of unbranched alkanes of at least 4 members (excludes halogenated alkanes) is 2. The van der Waals surface area contributed by atoms with Gasteiger partial charge in [0.25, 0.3) is 0 Å². The van der Waals surface area contributed by atoms with Crippen molar-refractivity contribution in [2.24, 2.45) is 5.92 Å². The Labute approximate surface area is 217 Å². The van der Waals surface area contributed by atoms with Crippen molar-refractivity contribution in [3.05, 3.63) is 35.4 Å². The molecule has 1 aromatic carbocycles. The van der Waals surface area contributed by atoms with Gasteiger partial charge in [-0.1, -0.05) is 51.7 Å². The Kier molecular flexibility index (Phi) is 13.1. The SMILES string of the molecule is C#Cc1ccc(C(C(=O)NCCCCC)N(C(=O)CNC(=O)OC(C)(C)C)C(C)CCC(C)C)cc1. The zero-order valence-corrected chi connectivity index (χ0v) is 23.1. The maximum absolute atomic E-state index is 13.6. The van der Waals surface area contributed by atoms with Gasteiger partial charge in [-0.15, -0.1) is 6.42 Å². The molecular weight excluding hydrogens is 454 g/mol. The van der Waals surface area contributed by atoms with E-state index in [0.29, 0.717) is 23.6 Å². The van der Waals surface area contributed by atoms with Crippen LogP contribution in [0.25, 0.3) is 0 Å². The topological polar surface area (TPSA) is 87.7 Å². The van der Waals surface area contributed by atoms with Crippen LogP contribution in [0, 0.1) is 18.3 Å². The fourth-order valence-corrected chi connectivity index (χ4v) is 3.79. The van der Waals surface area contributed by atoms with Crippen LogP contribution < -0.4 is 10.6 Å². The summed E-state index contributed by atoms with van der Waals surface area (Å²) in [7, 11) is 0. The van der Waals surface area contributed by atoms with E-state index >= 15 is 0 Å². The van der Waals surface area contributed by atoms with Gasteiger partial charge in [0.05, 0.1) is 0 Å². The molecule has 200 valence electrons. The molecule has 0 saturated carbocycles. The van der Waals surface area contributed by atoms with Crippen molar-refractivity contribution in [2.45, 2.75) is 98.3 Å². The molecule has 0 aromatic heterocycles. The summed E-state index contributed by atoms with van der Waals surface area (Å²) in [5.41, 5.74) is 0.680. The van der Waals surface area contributed by atoms with E-state index in [4.69, 9.17) is 11.2 Å². The number of amides is 3. The second kappa shape index (κ2) is 15.2. The molecule has 0 radical (unpaired) electrons. The summed E-state index contributed by atoms with van der Waals surface area (Å²) >= 11 is 0. The van der Waals surface area contributed by atoms with E-state index in [1.54, 1.807) is 49.9 Å². The Bertz CT molecular complexity index is 881. The van der Waals surface area contributed by atoms with Gasteiger partial charge in [-0.25, -0.2) is 4.79 Å². The van der Waals surface area contributed by atoms with Gasteiger partial charge in [0, 0.05) is 18.2 Å². The number of carbonyl (C=O) groups is 3. The normalized spacial score (nSPS) is 12.9. The molecule has 0 heterocycles. The summed E-state index contributed by atoms with van der Waals surface area (Å²) in [4.78, 5) is 40.9. The average molecular weight is 500 g/mol. The largest absolute Gasteiger partial charge is 0.444 e. The van der Waals surface area contributed by atoms with Gasteiger partial charge in [-0.05, 0) is 70.6 Å². The van der Waals surface area contributed by atoms with Crippen molar-refractivity contribution >= 4 is 17.9 Å². The fourth-order valence-electron chi connectivity index (χ4n) is 3.79. The molecule has 3 amide bonds. The summed E-state index contributed by atoms with van der Waals surface area (Å²) in [6, 6.07) is 6.04. The molecule has 7 nitrogen and oxygen atoms in total. The van der Waals surface area contributed by atoms with Crippen LogP contribution in [0.5, 0.6) is 0 Å². The third-order valence-electron chi connectivity index (χ3n) is 5.71. The lowest BCUT2D eigenvalue weighted by Crippen LogP contribution is -2.51. The Morgan fingerprint density at radius 1 is 1.03 bits per heavy atom. The summed E-state index contributed by atoms with van der Waals surface area (Å²) < 4.78 is 5.28. The van der Waals surface area contributed by atoms with Crippen LogP contribution in [0.2, 0.25) is 0 Å². The minimum absolute atomic E-state index is 0.237. The van der Waals surface area contributed by atoms with Crippen molar-refractivity contribution in [1.82, 2.24) is 15.5 Å². The van der Waals surface area contributed by atoms with Gasteiger partial charge in [-0.3, -0.25) is 9.59 Å². The second-order valence-corrected chi connectivity index (χ2v) is 10.6. The molecule has 1 aromatic rings. The van der Waals surface area contributed by atoms with Crippen LogP contribution in [0.4, 0.5) is 4.79 Å². The van der Waals surface area contributed by atoms with Gasteiger partial charge in [0.1, 0.15) is 18.2 Å². The Morgan fingerprint density at radius 2 is 1.67 bits per heavy atom. The molecule has 2 unspecified atom stereocenters. The highest BCUT2D eigenvalue weighted by Gasteiger charge is 2.35. The molecule has 0 fully saturated rings. The monoisotopic (exact) mass is 499 g/mol. The molecule has 0 aliphatic heterocycles. The lowest BCUT2D eigenvalue weighted by atomic mass is 9.97. The van der Waals surface area contributed by atoms with Crippen molar-refractivity contribution in [1.29, 1.82) is 0 Å². The van der Waals surface area contributed by atoms with E-state index in [-0.39, 0.29) is 24.4 Å². The van der Waals surface area contributed by atoms with Crippen molar-refractivity contribution < 1.29 is 19.1 Å². The first-order valence-electron chi connectivity index (χ1n) is 13.0. The van der Waals surface area contributed by atoms with Gasteiger partial charge >= 0.3 is 6.09 Å². The highest BCUT2D eigenvalue weighted by atomic mass is 16.6. The number of nitrogens with one attached hydrogen (secondary N) is 2. The lowest BCUT2D eigenvalue weighted by molar-refractivity contribution is -0.142. The van der Waals surface area contributed by atoms with Crippen LogP contribution in [0.15, 0.2) is 24.3 Å². The van der Waals surface area contributed by atoms with Crippen LogP contribution in [0.3, 0.4) is 0 Å². The number of hydrogen-bond acceptors (Lipinski definition) is 4. The first kappa shape index (κ1) is 31.0. The van der Waals surface area contributed by atoms with Crippen molar-refractivity contribution in [3.8, 4) is 12.3 Å². The summed E-state index contributed by atoms with van der Waals surface area (Å²) in [5.74, 6) is 2.43. The van der Waals surface area contributed by atoms with Crippen LogP contribution in [0.1, 0.15) is 97.7 Å². The van der Waals surface area contributed by atoms with Crippen LogP contribution in [-0.4, -0.2) is 47.5 Å². The van der Waals surface area contributed by atoms with E-state index in [9.17, 15) is 14.4 Å². The zero-order chi connectivity index (χ0) is 27.3. The number of hydrogen-bond donors (Lipinski definition) is 2. The van der Waals surface area contributed by atoms with E-state index in [1.807, 2.05) is 6.92 Å². The first-order chi connectivity index (χ1) is 16.9. The number of alkyl carbamates (subject to hydrolysis) is 1. The maximum Gasteiger partial charge on any atom is 0.408 e. The van der Waals surface area contributed by atoms with Crippen LogP contribution >= 0.6 is 0 Å². The molecule has 0 aliphatic rings. The van der Waals surface area contributed by atoms with E-state index in [0.717, 1.165) is 32.1 Å². The Morgan fingerprint density at radius 3 is 2.19 bits per heavy atom. The first-order valence-corrected chi connectivity index (χ1v) is 13.0. The Balaban J connectivity index is 3.30. The molecular formula is C29H45N3O4. The Hall–Kier alpha value is -3.01. The molecule has 0 bridgehead atoms. The van der Waals surface area contributed by atoms with E-state index < -0.39 is 17.7 Å². The van der Waals surface area contributed by atoms with Gasteiger partial charge in [0.15, 0.2) is 0 Å². The fraction of sp³-hybridized carbons (Fsp3) is 0.621. The molecule has 7 heteroatoms. The number of rotatable bonds is 13. The summed E-state index contributed by atoms with van der Waals surface area (Å²) in [6.07, 6.45) is 9.37. The molecule has 2 atom stereocenters. The number of nitrogens with zero attached hydrogens (tertiary/aromatic N) is 1. The molecule has 1 rings (SSSR count). The van der Waals surface area contributed by atoms with Gasteiger partial charge in [0.2, 0.25) is 11.8 Å². The average Bonchev–Trinajstić information content (AvgIpc) is 2.81. The van der Waals surface area contributed by atoms with Gasteiger partial charge in [-0.2, -0.15) is 0 Å². The predicted molar refractivity (Wildman–Crippen MR) is 144 cm³/mol. The smallest absolute Gasteiger partial charge is 0.408 e. The lowest BCUT2D eigenvalue weighted by Gasteiger charge is -2.36. The quantitative estimate of drug-likeness (QED) is 0.289. The van der Waals surface area contributed by atoms with Crippen LogP contribution in [-0.2, 0) is 14.3 Å². The van der Waals surface area contributed by atoms with E-state index in [2.05, 4.69) is 37.3 Å². The highest BCUT2D eigenvalue weighted by molar-refractivity contribution is 5.90. The maximum atomic E-state index is 13.6. The molecule has 0 aliphatic carbocycles. The minimum Gasteiger partial charge on any atom is -0.444 e. The molecule has 36 heavy (non-hydrogen) atoms. The second-order valence-electron chi connectivity index (χ2n) is 10.6. The zero-order valence-electron chi connectivity index (χ0n) is 23.1.